The average Bonchev–Trinajstić information content (AvgIpc) is 3.68. The fourth-order valence-electron chi connectivity index (χ4n) is 9.25. The molecule has 0 amide bonds. The third-order valence-corrected chi connectivity index (χ3v) is 12.3. The third kappa shape index (κ3) is 6.61. The van der Waals surface area contributed by atoms with E-state index in [9.17, 15) is 0 Å². The summed E-state index contributed by atoms with van der Waals surface area (Å²) in [6.45, 7) is 8.18. The van der Waals surface area contributed by atoms with Crippen molar-refractivity contribution >= 4 is 5.69 Å². The molecule has 9 aromatic carbocycles. The standard InChI is InChI=1S/C59H38N4/c1-60-54-24-14-23-52-55(54)51-38-37-48(39-53(51)59(52,49-19-10-4-11-20-49)50-21-12-5-13-22-50)44-29-35-47(36-30-44)58-62-56(45-31-25-42(26-32-45)40-15-6-2-7-16-40)61-57(63-58)46-33-27-43(28-34-46)41-17-8-3-9-18-41/h2-39H. The van der Waals surface area contributed by atoms with Crippen LogP contribution in [0.15, 0.2) is 231 Å². The van der Waals surface area contributed by atoms with E-state index in [1.807, 2.05) is 24.3 Å². The predicted octanol–water partition coefficient (Wildman–Crippen LogP) is 14.8. The minimum absolute atomic E-state index is 0.601. The van der Waals surface area contributed by atoms with Crippen LogP contribution in [-0.2, 0) is 5.41 Å². The Balaban J connectivity index is 1.01. The number of nitrogens with zero attached hydrogens (tertiary/aromatic N) is 4. The highest BCUT2D eigenvalue weighted by molar-refractivity contribution is 5.95. The first-order chi connectivity index (χ1) is 31.2. The number of hydrogen-bond acceptors (Lipinski definition) is 3. The highest BCUT2D eigenvalue weighted by Gasteiger charge is 2.46. The lowest BCUT2D eigenvalue weighted by atomic mass is 9.67. The van der Waals surface area contributed by atoms with Crippen LogP contribution in [0.1, 0.15) is 22.3 Å². The monoisotopic (exact) mass is 802 g/mol. The summed E-state index contributed by atoms with van der Waals surface area (Å²) in [5.41, 5.74) is 16.2. The van der Waals surface area contributed by atoms with Gasteiger partial charge in [0.25, 0.3) is 0 Å². The molecule has 0 saturated carbocycles. The molecule has 63 heavy (non-hydrogen) atoms. The number of benzene rings is 9. The van der Waals surface area contributed by atoms with Gasteiger partial charge in [-0.15, -0.1) is 0 Å². The molecule has 4 heteroatoms. The zero-order valence-electron chi connectivity index (χ0n) is 34.2. The van der Waals surface area contributed by atoms with E-state index in [4.69, 9.17) is 21.5 Å². The van der Waals surface area contributed by atoms with E-state index in [2.05, 4.69) is 211 Å². The summed E-state index contributed by atoms with van der Waals surface area (Å²) < 4.78 is 0. The SMILES string of the molecule is [C-]#[N+]c1cccc2c1-c1ccc(-c3ccc(-c4nc(-c5ccc(-c6ccccc6)cc5)nc(-c5ccc(-c6ccccc6)cc5)n4)cc3)cc1C2(c1ccccc1)c1ccccc1. The smallest absolute Gasteiger partial charge is 0.195 e. The molecule has 0 aliphatic heterocycles. The van der Waals surface area contributed by atoms with Crippen molar-refractivity contribution in [2.75, 3.05) is 0 Å². The molecule has 1 heterocycles. The Hall–Kier alpha value is -8.52. The molecule has 1 aliphatic rings. The summed E-state index contributed by atoms with van der Waals surface area (Å²) >= 11 is 0. The Bertz CT molecular complexity index is 3150. The maximum atomic E-state index is 8.18. The van der Waals surface area contributed by atoms with Gasteiger partial charge in [0.2, 0.25) is 0 Å². The van der Waals surface area contributed by atoms with E-state index in [0.717, 1.165) is 83.5 Å². The van der Waals surface area contributed by atoms with Crippen LogP contribution in [0, 0.1) is 6.57 Å². The van der Waals surface area contributed by atoms with Crippen LogP contribution in [0.3, 0.4) is 0 Å². The lowest BCUT2D eigenvalue weighted by molar-refractivity contribution is 0.769. The minimum Gasteiger partial charge on any atom is -0.238 e. The van der Waals surface area contributed by atoms with Crippen LogP contribution < -0.4 is 0 Å². The van der Waals surface area contributed by atoms with Crippen molar-refractivity contribution in [2.45, 2.75) is 5.41 Å². The quantitative estimate of drug-likeness (QED) is 0.144. The summed E-state index contributed by atoms with van der Waals surface area (Å²) in [5.74, 6) is 1.82. The van der Waals surface area contributed by atoms with E-state index >= 15 is 0 Å². The predicted molar refractivity (Wildman–Crippen MR) is 256 cm³/mol. The summed E-state index contributed by atoms with van der Waals surface area (Å²) in [6, 6.07) is 80.4. The first-order valence-electron chi connectivity index (χ1n) is 21.1. The highest BCUT2D eigenvalue weighted by atomic mass is 15.0. The Morgan fingerprint density at radius 3 is 1.11 bits per heavy atom. The molecule has 1 aliphatic carbocycles. The Morgan fingerprint density at radius 2 is 0.683 bits per heavy atom. The van der Waals surface area contributed by atoms with E-state index in [1.54, 1.807) is 0 Å². The molecule has 0 unspecified atom stereocenters. The molecule has 0 atom stereocenters. The van der Waals surface area contributed by atoms with Gasteiger partial charge in [-0.1, -0.05) is 224 Å². The minimum atomic E-state index is -0.611. The van der Waals surface area contributed by atoms with Gasteiger partial charge in [0.15, 0.2) is 23.2 Å². The van der Waals surface area contributed by atoms with Gasteiger partial charge in [-0.25, -0.2) is 19.8 Å². The normalized spacial score (nSPS) is 12.2. The molecule has 4 nitrogen and oxygen atoms in total. The van der Waals surface area contributed by atoms with Crippen molar-refractivity contribution in [1.82, 2.24) is 15.0 Å². The van der Waals surface area contributed by atoms with Gasteiger partial charge in [0, 0.05) is 16.7 Å². The number of rotatable bonds is 8. The van der Waals surface area contributed by atoms with Gasteiger partial charge >= 0.3 is 0 Å². The molecule has 0 saturated heterocycles. The summed E-state index contributed by atoms with van der Waals surface area (Å²) in [7, 11) is 0. The van der Waals surface area contributed by atoms with Gasteiger partial charge in [-0.05, 0) is 72.8 Å². The number of hydrogen-bond donors (Lipinski definition) is 0. The van der Waals surface area contributed by atoms with E-state index in [-0.39, 0.29) is 0 Å². The van der Waals surface area contributed by atoms with Crippen LogP contribution >= 0.6 is 0 Å². The van der Waals surface area contributed by atoms with Crippen LogP contribution in [0.2, 0.25) is 0 Å². The zero-order chi connectivity index (χ0) is 42.2. The molecule has 294 valence electrons. The van der Waals surface area contributed by atoms with Crippen molar-refractivity contribution < 1.29 is 0 Å². The van der Waals surface area contributed by atoms with Crippen molar-refractivity contribution in [3.8, 4) is 78.7 Å². The van der Waals surface area contributed by atoms with Gasteiger partial charge < -0.3 is 0 Å². The Labute approximate surface area is 367 Å². The molecule has 11 rings (SSSR count). The first kappa shape index (κ1) is 37.5. The summed E-state index contributed by atoms with van der Waals surface area (Å²) in [4.78, 5) is 19.3. The summed E-state index contributed by atoms with van der Waals surface area (Å²) in [6.07, 6.45) is 0. The lowest BCUT2D eigenvalue weighted by Crippen LogP contribution is -2.28. The molecule has 0 spiro atoms. The topological polar surface area (TPSA) is 43.0 Å². The second-order valence-electron chi connectivity index (χ2n) is 15.8. The largest absolute Gasteiger partial charge is 0.238 e. The van der Waals surface area contributed by atoms with Gasteiger partial charge in [0.05, 0.1) is 12.0 Å². The highest BCUT2D eigenvalue weighted by Crippen LogP contribution is 2.59. The molecular weight excluding hydrogens is 765 g/mol. The Kier molecular flexibility index (Phi) is 9.41. The maximum Gasteiger partial charge on any atom is 0.195 e. The zero-order valence-corrected chi connectivity index (χ0v) is 34.2. The van der Waals surface area contributed by atoms with Crippen molar-refractivity contribution in [3.63, 3.8) is 0 Å². The number of fused-ring (bicyclic) bond motifs is 3. The van der Waals surface area contributed by atoms with Crippen molar-refractivity contribution in [1.29, 1.82) is 0 Å². The molecule has 10 aromatic rings. The molecule has 1 aromatic heterocycles. The molecular formula is C59H38N4. The van der Waals surface area contributed by atoms with Gasteiger partial charge in [-0.2, -0.15) is 0 Å². The second kappa shape index (κ2) is 15.8. The number of aromatic nitrogens is 3. The van der Waals surface area contributed by atoms with Crippen LogP contribution in [0.25, 0.3) is 83.5 Å². The average molecular weight is 803 g/mol. The second-order valence-corrected chi connectivity index (χ2v) is 15.8. The molecule has 0 radical (unpaired) electrons. The van der Waals surface area contributed by atoms with Crippen molar-refractivity contribution in [2.24, 2.45) is 0 Å². The maximum absolute atomic E-state index is 8.18. The van der Waals surface area contributed by atoms with Gasteiger partial charge in [-0.3, -0.25) is 0 Å². The third-order valence-electron chi connectivity index (χ3n) is 12.3. The summed E-state index contributed by atoms with van der Waals surface area (Å²) in [5, 5.41) is 0. The van der Waals surface area contributed by atoms with Crippen molar-refractivity contribution in [3.05, 3.63) is 264 Å². The first-order valence-corrected chi connectivity index (χ1v) is 21.1. The van der Waals surface area contributed by atoms with Crippen LogP contribution in [-0.4, -0.2) is 15.0 Å². The van der Waals surface area contributed by atoms with E-state index in [1.165, 1.54) is 0 Å². The molecule has 0 bridgehead atoms. The van der Waals surface area contributed by atoms with Crippen LogP contribution in [0.4, 0.5) is 5.69 Å². The van der Waals surface area contributed by atoms with E-state index < -0.39 is 5.41 Å². The van der Waals surface area contributed by atoms with Gasteiger partial charge in [0.1, 0.15) is 0 Å². The lowest BCUT2D eigenvalue weighted by Gasteiger charge is -2.34. The Morgan fingerprint density at radius 1 is 0.317 bits per heavy atom. The fraction of sp³-hybridized carbons (Fsp3) is 0.0169. The molecule has 0 N–H and O–H groups in total. The van der Waals surface area contributed by atoms with Crippen LogP contribution in [0.5, 0.6) is 0 Å². The fourth-order valence-corrected chi connectivity index (χ4v) is 9.25. The molecule has 0 fully saturated rings. The van der Waals surface area contributed by atoms with E-state index in [0.29, 0.717) is 23.2 Å².